The maximum atomic E-state index is 12.4. The van der Waals surface area contributed by atoms with Crippen LogP contribution in [0, 0.1) is 10.1 Å². The molecule has 0 spiro atoms. The first kappa shape index (κ1) is 15.2. The summed E-state index contributed by atoms with van der Waals surface area (Å²) in [5.74, 6) is 0. The summed E-state index contributed by atoms with van der Waals surface area (Å²) in [6.07, 6.45) is 0.456. The van der Waals surface area contributed by atoms with Gasteiger partial charge >= 0.3 is 0 Å². The molecule has 1 saturated heterocycles. The topological polar surface area (TPSA) is 89.8 Å². The van der Waals surface area contributed by atoms with Gasteiger partial charge in [0.05, 0.1) is 15.9 Å². The summed E-state index contributed by atoms with van der Waals surface area (Å²) >= 11 is 5.68. The smallest absolute Gasteiger partial charge is 0.289 e. The van der Waals surface area contributed by atoms with Crippen molar-refractivity contribution in [2.24, 2.45) is 0 Å². The van der Waals surface area contributed by atoms with E-state index in [1.165, 1.54) is 23.5 Å². The molecule has 0 bridgehead atoms. The Hall–Kier alpha value is -1.22. The van der Waals surface area contributed by atoms with E-state index >= 15 is 0 Å². The number of halogens is 1. The normalized spacial score (nSPS) is 20.2. The van der Waals surface area contributed by atoms with Crippen molar-refractivity contribution in [1.29, 1.82) is 0 Å². The highest BCUT2D eigenvalue weighted by Gasteiger charge is 2.33. The molecule has 0 saturated carbocycles. The van der Waals surface area contributed by atoms with Gasteiger partial charge in [-0.2, -0.15) is 4.31 Å². The third-order valence-electron chi connectivity index (χ3n) is 3.19. The standard InChI is InChI=1S/C11H13ClN2O5S/c1-19-8-4-5-13(7-8)20(17,18)9-2-3-10(12)11(6-9)14(15)16/h2-3,6,8H,4-5,7H2,1H3. The minimum atomic E-state index is -3.76. The number of methoxy groups -OCH3 is 1. The Morgan fingerprint density at radius 1 is 1.50 bits per heavy atom. The van der Waals surface area contributed by atoms with Gasteiger partial charge in [-0.3, -0.25) is 10.1 Å². The van der Waals surface area contributed by atoms with Gasteiger partial charge in [-0.25, -0.2) is 8.42 Å². The van der Waals surface area contributed by atoms with Crippen LogP contribution in [0.5, 0.6) is 0 Å². The number of rotatable bonds is 4. The fraction of sp³-hybridized carbons (Fsp3) is 0.455. The van der Waals surface area contributed by atoms with Crippen LogP contribution in [-0.4, -0.2) is 43.9 Å². The largest absolute Gasteiger partial charge is 0.380 e. The summed E-state index contributed by atoms with van der Waals surface area (Å²) in [6, 6.07) is 3.47. The number of hydrogen-bond acceptors (Lipinski definition) is 5. The van der Waals surface area contributed by atoms with Crippen molar-refractivity contribution in [3.8, 4) is 0 Å². The molecule has 0 aromatic heterocycles. The van der Waals surface area contributed by atoms with E-state index in [2.05, 4.69) is 0 Å². The third kappa shape index (κ3) is 2.78. The van der Waals surface area contributed by atoms with E-state index < -0.39 is 20.6 Å². The third-order valence-corrected chi connectivity index (χ3v) is 5.37. The van der Waals surface area contributed by atoms with Gasteiger partial charge in [-0.1, -0.05) is 11.6 Å². The second-order valence-electron chi connectivity index (χ2n) is 4.38. The van der Waals surface area contributed by atoms with Gasteiger partial charge in [0.25, 0.3) is 5.69 Å². The van der Waals surface area contributed by atoms with Crippen molar-refractivity contribution >= 4 is 27.3 Å². The predicted molar refractivity (Wildman–Crippen MR) is 72.3 cm³/mol. The summed E-state index contributed by atoms with van der Waals surface area (Å²) in [5.41, 5.74) is -0.421. The SMILES string of the molecule is COC1CCN(S(=O)(=O)c2ccc(Cl)c([N+](=O)[O-])c2)C1. The zero-order valence-electron chi connectivity index (χ0n) is 10.7. The van der Waals surface area contributed by atoms with E-state index in [0.717, 1.165) is 6.07 Å². The minimum Gasteiger partial charge on any atom is -0.380 e. The van der Waals surface area contributed by atoms with Crippen molar-refractivity contribution in [3.05, 3.63) is 33.3 Å². The van der Waals surface area contributed by atoms with Gasteiger partial charge in [-0.15, -0.1) is 0 Å². The molecule has 1 aromatic carbocycles. The Morgan fingerprint density at radius 2 is 2.20 bits per heavy atom. The molecular weight excluding hydrogens is 308 g/mol. The number of nitro benzene ring substituents is 1. The molecule has 0 amide bonds. The number of sulfonamides is 1. The lowest BCUT2D eigenvalue weighted by molar-refractivity contribution is -0.384. The number of benzene rings is 1. The van der Waals surface area contributed by atoms with E-state index in [9.17, 15) is 18.5 Å². The summed E-state index contributed by atoms with van der Waals surface area (Å²) in [6.45, 7) is 0.576. The molecular formula is C11H13ClN2O5S. The monoisotopic (exact) mass is 320 g/mol. The van der Waals surface area contributed by atoms with Crippen molar-refractivity contribution in [3.63, 3.8) is 0 Å². The van der Waals surface area contributed by atoms with Gasteiger partial charge < -0.3 is 4.74 Å². The van der Waals surface area contributed by atoms with Crippen LogP contribution >= 0.6 is 11.6 Å². The van der Waals surface area contributed by atoms with Crippen LogP contribution in [0.2, 0.25) is 5.02 Å². The first-order chi connectivity index (χ1) is 9.36. The van der Waals surface area contributed by atoms with Crippen LogP contribution in [0.3, 0.4) is 0 Å². The van der Waals surface area contributed by atoms with Gasteiger partial charge in [0, 0.05) is 26.3 Å². The quantitative estimate of drug-likeness (QED) is 0.621. The Kier molecular flexibility index (Phi) is 4.28. The summed E-state index contributed by atoms with van der Waals surface area (Å²) in [4.78, 5) is 9.97. The van der Waals surface area contributed by atoms with Crippen LogP contribution in [0.1, 0.15) is 6.42 Å². The molecule has 1 unspecified atom stereocenters. The summed E-state index contributed by atoms with van der Waals surface area (Å²) < 4.78 is 31.1. The first-order valence-electron chi connectivity index (χ1n) is 5.83. The molecule has 0 radical (unpaired) electrons. The van der Waals surface area contributed by atoms with Crippen LogP contribution in [-0.2, 0) is 14.8 Å². The fourth-order valence-electron chi connectivity index (χ4n) is 2.05. The van der Waals surface area contributed by atoms with E-state index in [4.69, 9.17) is 16.3 Å². The molecule has 110 valence electrons. The number of ether oxygens (including phenoxy) is 1. The van der Waals surface area contributed by atoms with Crippen LogP contribution < -0.4 is 0 Å². The number of nitrogens with zero attached hydrogens (tertiary/aromatic N) is 2. The molecule has 7 nitrogen and oxygen atoms in total. The van der Waals surface area contributed by atoms with E-state index in [1.54, 1.807) is 0 Å². The Bertz CT molecular complexity index is 634. The Morgan fingerprint density at radius 3 is 2.75 bits per heavy atom. The van der Waals surface area contributed by atoms with E-state index in [0.29, 0.717) is 13.0 Å². The molecule has 1 heterocycles. The molecule has 1 fully saturated rings. The number of hydrogen-bond donors (Lipinski definition) is 0. The van der Waals surface area contributed by atoms with Gasteiger partial charge in [-0.05, 0) is 18.6 Å². The summed E-state index contributed by atoms with van der Waals surface area (Å²) in [7, 11) is -2.24. The molecule has 1 aromatic rings. The van der Waals surface area contributed by atoms with Crippen molar-refractivity contribution in [2.45, 2.75) is 17.4 Å². The molecule has 1 aliphatic heterocycles. The van der Waals surface area contributed by atoms with E-state index in [1.807, 2.05) is 0 Å². The molecule has 0 N–H and O–H groups in total. The maximum absolute atomic E-state index is 12.4. The zero-order valence-corrected chi connectivity index (χ0v) is 12.2. The lowest BCUT2D eigenvalue weighted by Crippen LogP contribution is -2.30. The molecule has 1 aliphatic rings. The van der Waals surface area contributed by atoms with Crippen molar-refractivity contribution in [1.82, 2.24) is 4.31 Å². The van der Waals surface area contributed by atoms with Gasteiger partial charge in [0.2, 0.25) is 10.0 Å². The average molecular weight is 321 g/mol. The average Bonchev–Trinajstić information content (AvgIpc) is 2.88. The van der Waals surface area contributed by atoms with Crippen molar-refractivity contribution < 1.29 is 18.1 Å². The maximum Gasteiger partial charge on any atom is 0.289 e. The van der Waals surface area contributed by atoms with Crippen LogP contribution in [0.25, 0.3) is 0 Å². The molecule has 2 rings (SSSR count). The molecule has 0 aliphatic carbocycles. The minimum absolute atomic E-state index is 0.0925. The second-order valence-corrected chi connectivity index (χ2v) is 6.72. The highest BCUT2D eigenvalue weighted by molar-refractivity contribution is 7.89. The lowest BCUT2D eigenvalue weighted by atomic mass is 10.3. The van der Waals surface area contributed by atoms with Gasteiger partial charge in [0.1, 0.15) is 5.02 Å². The number of nitro groups is 1. The highest BCUT2D eigenvalue weighted by atomic mass is 35.5. The van der Waals surface area contributed by atoms with Crippen LogP contribution in [0.4, 0.5) is 5.69 Å². The van der Waals surface area contributed by atoms with Crippen molar-refractivity contribution in [2.75, 3.05) is 20.2 Å². The molecule has 1 atom stereocenters. The molecule has 20 heavy (non-hydrogen) atoms. The lowest BCUT2D eigenvalue weighted by Gasteiger charge is -2.16. The molecule has 9 heteroatoms. The second kappa shape index (κ2) is 5.65. The van der Waals surface area contributed by atoms with Crippen LogP contribution in [0.15, 0.2) is 23.1 Å². The Labute approximate surface area is 121 Å². The predicted octanol–water partition coefficient (Wildman–Crippen LogP) is 1.66. The van der Waals surface area contributed by atoms with E-state index in [-0.39, 0.29) is 22.6 Å². The first-order valence-corrected chi connectivity index (χ1v) is 7.65. The summed E-state index contributed by atoms with van der Waals surface area (Å²) in [5, 5.41) is 10.7. The van der Waals surface area contributed by atoms with Gasteiger partial charge in [0.15, 0.2) is 0 Å². The Balaban J connectivity index is 2.35. The highest BCUT2D eigenvalue weighted by Crippen LogP contribution is 2.29. The zero-order chi connectivity index (χ0) is 14.9. The fourth-order valence-corrected chi connectivity index (χ4v) is 3.74.